The van der Waals surface area contributed by atoms with Gasteiger partial charge in [-0.2, -0.15) is 0 Å². The number of urea groups is 1. The molecular formula is C26H29BrN2O3. The van der Waals surface area contributed by atoms with Crippen molar-refractivity contribution in [3.8, 4) is 11.5 Å². The van der Waals surface area contributed by atoms with Crippen molar-refractivity contribution in [2.24, 2.45) is 5.92 Å². The lowest BCUT2D eigenvalue weighted by Gasteiger charge is -2.25. The molecule has 0 saturated carbocycles. The number of hydrogen-bond acceptors (Lipinski definition) is 3. The fourth-order valence-electron chi connectivity index (χ4n) is 3.31. The molecule has 6 heteroatoms. The van der Waals surface area contributed by atoms with Crippen LogP contribution in [0.25, 0.3) is 0 Å². The number of rotatable bonds is 9. The van der Waals surface area contributed by atoms with Crippen LogP contribution in [0.3, 0.4) is 0 Å². The highest BCUT2D eigenvalue weighted by Gasteiger charge is 2.17. The molecule has 0 aliphatic heterocycles. The molecule has 3 aromatic carbocycles. The zero-order valence-corrected chi connectivity index (χ0v) is 20.3. The average molecular weight is 497 g/mol. The van der Waals surface area contributed by atoms with E-state index in [1.54, 1.807) is 7.11 Å². The number of anilines is 1. The first kappa shape index (κ1) is 23.7. The molecule has 0 spiro atoms. The summed E-state index contributed by atoms with van der Waals surface area (Å²) in [4.78, 5) is 14.8. The topological polar surface area (TPSA) is 50.8 Å². The number of hydrogen-bond donors (Lipinski definition) is 1. The van der Waals surface area contributed by atoms with Crippen LogP contribution in [0, 0.1) is 5.92 Å². The number of benzene rings is 3. The van der Waals surface area contributed by atoms with Gasteiger partial charge in [-0.25, -0.2) is 4.79 Å². The molecule has 0 bridgehead atoms. The Morgan fingerprint density at radius 2 is 1.75 bits per heavy atom. The highest BCUT2D eigenvalue weighted by atomic mass is 79.9. The summed E-state index contributed by atoms with van der Waals surface area (Å²) >= 11 is 3.44. The molecule has 1 N–H and O–H groups in total. The van der Waals surface area contributed by atoms with Gasteiger partial charge in [0.2, 0.25) is 0 Å². The third kappa shape index (κ3) is 7.02. The second kappa shape index (κ2) is 11.6. The summed E-state index contributed by atoms with van der Waals surface area (Å²) in [5, 5.41) is 2.99. The third-order valence-electron chi connectivity index (χ3n) is 4.79. The lowest BCUT2D eigenvalue weighted by molar-refractivity contribution is 0.201. The third-order valence-corrected chi connectivity index (χ3v) is 5.28. The van der Waals surface area contributed by atoms with Crippen molar-refractivity contribution >= 4 is 27.6 Å². The first-order valence-electron chi connectivity index (χ1n) is 10.6. The quantitative estimate of drug-likeness (QED) is 0.357. The second-order valence-electron chi connectivity index (χ2n) is 7.97. The molecule has 0 aromatic heterocycles. The largest absolute Gasteiger partial charge is 0.493 e. The van der Waals surface area contributed by atoms with Crippen molar-refractivity contribution < 1.29 is 14.3 Å². The van der Waals surface area contributed by atoms with Crippen LogP contribution in [0.2, 0.25) is 0 Å². The predicted octanol–water partition coefficient (Wildman–Crippen LogP) is 6.73. The Labute approximate surface area is 198 Å². The smallest absolute Gasteiger partial charge is 0.322 e. The zero-order chi connectivity index (χ0) is 22.9. The summed E-state index contributed by atoms with van der Waals surface area (Å²) in [6.45, 7) is 5.76. The van der Waals surface area contributed by atoms with E-state index in [1.165, 1.54) is 0 Å². The molecule has 3 rings (SSSR count). The lowest BCUT2D eigenvalue weighted by atomic mass is 10.1. The number of halogens is 1. The van der Waals surface area contributed by atoms with Crippen molar-refractivity contribution in [2.75, 3.05) is 19.0 Å². The van der Waals surface area contributed by atoms with Crippen LogP contribution in [0.1, 0.15) is 25.0 Å². The Morgan fingerprint density at radius 3 is 2.44 bits per heavy atom. The van der Waals surface area contributed by atoms with Crippen molar-refractivity contribution in [3.63, 3.8) is 0 Å². The van der Waals surface area contributed by atoms with Gasteiger partial charge in [0.25, 0.3) is 0 Å². The molecule has 0 unspecified atom stereocenters. The van der Waals surface area contributed by atoms with Gasteiger partial charge in [0.1, 0.15) is 6.61 Å². The summed E-state index contributed by atoms with van der Waals surface area (Å²) < 4.78 is 12.4. The Kier molecular flexibility index (Phi) is 8.56. The summed E-state index contributed by atoms with van der Waals surface area (Å²) in [6, 6.07) is 23.2. The van der Waals surface area contributed by atoms with E-state index < -0.39 is 0 Å². The normalized spacial score (nSPS) is 10.7. The summed E-state index contributed by atoms with van der Waals surface area (Å²) in [6.07, 6.45) is 0. The Balaban J connectivity index is 1.71. The molecule has 0 radical (unpaired) electrons. The van der Waals surface area contributed by atoms with Crippen LogP contribution < -0.4 is 14.8 Å². The Morgan fingerprint density at radius 1 is 0.969 bits per heavy atom. The van der Waals surface area contributed by atoms with Gasteiger partial charge in [-0.05, 0) is 47.4 Å². The maximum Gasteiger partial charge on any atom is 0.322 e. The molecule has 0 saturated heterocycles. The first-order chi connectivity index (χ1) is 15.4. The number of carbonyl (C=O) groups is 1. The Bertz CT molecular complexity index is 1020. The monoisotopic (exact) mass is 496 g/mol. The molecule has 0 aliphatic rings. The van der Waals surface area contributed by atoms with Crippen LogP contribution >= 0.6 is 15.9 Å². The van der Waals surface area contributed by atoms with E-state index in [0.717, 1.165) is 21.3 Å². The molecular weight excluding hydrogens is 468 g/mol. The summed E-state index contributed by atoms with van der Waals surface area (Å²) in [5.41, 5.74) is 2.81. The molecule has 3 aromatic rings. The van der Waals surface area contributed by atoms with Crippen molar-refractivity contribution in [2.45, 2.75) is 27.0 Å². The van der Waals surface area contributed by atoms with Gasteiger partial charge in [0.05, 0.1) is 7.11 Å². The summed E-state index contributed by atoms with van der Waals surface area (Å²) in [5.74, 6) is 1.66. The number of carbonyl (C=O) groups excluding carboxylic acids is 1. The standard InChI is InChI=1S/C26H29BrN2O3/c1-19(2)16-29(26(30)28-23-11-7-10-22(27)15-23)17-21-12-13-24(25(14-21)31-3)32-18-20-8-5-4-6-9-20/h4-15,19H,16-18H2,1-3H3,(H,28,30). The average Bonchev–Trinajstić information content (AvgIpc) is 2.78. The van der Waals surface area contributed by atoms with Crippen molar-refractivity contribution in [1.82, 2.24) is 4.90 Å². The van der Waals surface area contributed by atoms with Crippen molar-refractivity contribution in [1.29, 1.82) is 0 Å². The van der Waals surface area contributed by atoms with E-state index in [4.69, 9.17) is 9.47 Å². The van der Waals surface area contributed by atoms with Gasteiger partial charge in [-0.15, -0.1) is 0 Å². The molecule has 2 amide bonds. The predicted molar refractivity (Wildman–Crippen MR) is 132 cm³/mol. The number of nitrogens with one attached hydrogen (secondary N) is 1. The van der Waals surface area contributed by atoms with Crippen molar-refractivity contribution in [3.05, 3.63) is 88.4 Å². The Hall–Kier alpha value is -2.99. The van der Waals surface area contributed by atoms with Gasteiger partial charge >= 0.3 is 6.03 Å². The second-order valence-corrected chi connectivity index (χ2v) is 8.89. The van der Waals surface area contributed by atoms with Gasteiger partial charge < -0.3 is 19.7 Å². The molecule has 168 valence electrons. The van der Waals surface area contributed by atoms with Crippen LogP contribution in [0.5, 0.6) is 11.5 Å². The maximum absolute atomic E-state index is 13.0. The molecule has 32 heavy (non-hydrogen) atoms. The highest BCUT2D eigenvalue weighted by Crippen LogP contribution is 2.29. The zero-order valence-electron chi connectivity index (χ0n) is 18.7. The lowest BCUT2D eigenvalue weighted by Crippen LogP contribution is -2.37. The van der Waals surface area contributed by atoms with Crippen LogP contribution in [0.4, 0.5) is 10.5 Å². The van der Waals surface area contributed by atoms with E-state index in [2.05, 4.69) is 35.1 Å². The van der Waals surface area contributed by atoms with E-state index in [1.807, 2.05) is 77.7 Å². The molecule has 0 heterocycles. The minimum atomic E-state index is -0.139. The van der Waals surface area contributed by atoms with Crippen LogP contribution in [-0.4, -0.2) is 24.6 Å². The van der Waals surface area contributed by atoms with E-state index >= 15 is 0 Å². The number of amides is 2. The fourth-order valence-corrected chi connectivity index (χ4v) is 3.71. The molecule has 0 fully saturated rings. The summed E-state index contributed by atoms with van der Waals surface area (Å²) in [7, 11) is 1.63. The molecule has 0 aliphatic carbocycles. The number of ether oxygens (including phenoxy) is 2. The van der Waals surface area contributed by atoms with Crippen LogP contribution in [0.15, 0.2) is 77.3 Å². The maximum atomic E-state index is 13.0. The van der Waals surface area contributed by atoms with Gasteiger partial charge in [0.15, 0.2) is 11.5 Å². The van der Waals surface area contributed by atoms with Gasteiger partial charge in [0, 0.05) is 23.2 Å². The highest BCUT2D eigenvalue weighted by molar-refractivity contribution is 9.10. The molecule has 5 nitrogen and oxygen atoms in total. The first-order valence-corrected chi connectivity index (χ1v) is 11.4. The minimum absolute atomic E-state index is 0.139. The van der Waals surface area contributed by atoms with Crippen LogP contribution in [-0.2, 0) is 13.2 Å². The molecule has 0 atom stereocenters. The SMILES string of the molecule is COc1cc(CN(CC(C)C)C(=O)Nc2cccc(Br)c2)ccc1OCc1ccccc1. The van der Waals surface area contributed by atoms with E-state index in [0.29, 0.717) is 37.1 Å². The fraction of sp³-hybridized carbons (Fsp3) is 0.269. The number of nitrogens with zero attached hydrogens (tertiary/aromatic N) is 1. The van der Waals surface area contributed by atoms with Gasteiger partial charge in [-0.3, -0.25) is 0 Å². The van der Waals surface area contributed by atoms with E-state index in [9.17, 15) is 4.79 Å². The van der Waals surface area contributed by atoms with Gasteiger partial charge in [-0.1, -0.05) is 72.2 Å². The number of methoxy groups -OCH3 is 1. The minimum Gasteiger partial charge on any atom is -0.493 e. The van der Waals surface area contributed by atoms with E-state index in [-0.39, 0.29) is 6.03 Å².